The van der Waals surface area contributed by atoms with Crippen molar-refractivity contribution in [3.05, 3.63) is 0 Å². The van der Waals surface area contributed by atoms with Gasteiger partial charge in [0, 0.05) is 6.04 Å². The van der Waals surface area contributed by atoms with Crippen LogP contribution in [0.1, 0.15) is 58.3 Å². The second-order valence-corrected chi connectivity index (χ2v) is 6.43. The molecule has 0 saturated heterocycles. The predicted octanol–water partition coefficient (Wildman–Crippen LogP) is 3.05. The van der Waals surface area contributed by atoms with Gasteiger partial charge in [0.15, 0.2) is 0 Å². The third-order valence-electron chi connectivity index (χ3n) is 4.83. The molecule has 0 spiro atoms. The Morgan fingerprint density at radius 1 is 1.17 bits per heavy atom. The highest BCUT2D eigenvalue weighted by Gasteiger charge is 2.26. The van der Waals surface area contributed by atoms with Crippen molar-refractivity contribution in [2.45, 2.75) is 64.3 Å². The minimum absolute atomic E-state index is 0.0732. The number of nitrogens with one attached hydrogen (secondary N) is 1. The molecule has 0 heterocycles. The van der Waals surface area contributed by atoms with E-state index in [1.165, 1.54) is 25.7 Å². The van der Waals surface area contributed by atoms with Crippen LogP contribution in [0.5, 0.6) is 0 Å². The summed E-state index contributed by atoms with van der Waals surface area (Å²) in [5.74, 6) is 0.912. The van der Waals surface area contributed by atoms with Gasteiger partial charge in [-0.3, -0.25) is 4.79 Å². The van der Waals surface area contributed by atoms with Gasteiger partial charge in [-0.15, -0.1) is 0 Å². The Morgan fingerprint density at radius 2 is 1.89 bits per heavy atom. The van der Waals surface area contributed by atoms with Crippen LogP contribution in [0, 0.1) is 17.8 Å². The molecule has 0 aromatic heterocycles. The van der Waals surface area contributed by atoms with Crippen LogP contribution >= 0.6 is 0 Å². The molecule has 0 aromatic rings. The van der Waals surface area contributed by atoms with Gasteiger partial charge in [-0.25, -0.2) is 0 Å². The fraction of sp³-hybridized carbons (Fsp3) is 0.933. The summed E-state index contributed by atoms with van der Waals surface area (Å²) in [6.45, 7) is 3.45. The Bertz CT molecular complexity index is 272. The maximum atomic E-state index is 10.9. The van der Waals surface area contributed by atoms with E-state index in [0.29, 0.717) is 12.0 Å². The summed E-state index contributed by atoms with van der Waals surface area (Å²) in [7, 11) is 0. The van der Waals surface area contributed by atoms with Crippen LogP contribution in [-0.4, -0.2) is 23.7 Å². The standard InChI is InChI=1S/C15H27NO2/c1-11-3-2-4-14(9-11)16-10-12-5-7-13(8-6-12)15(17)18/h11-14,16H,2-10H2,1H3,(H,17,18). The van der Waals surface area contributed by atoms with Gasteiger partial charge in [-0.2, -0.15) is 0 Å². The first-order valence-electron chi connectivity index (χ1n) is 7.61. The molecule has 2 fully saturated rings. The summed E-state index contributed by atoms with van der Waals surface area (Å²) in [6, 6.07) is 0.714. The zero-order valence-corrected chi connectivity index (χ0v) is 11.5. The molecule has 2 aliphatic rings. The minimum atomic E-state index is -0.595. The highest BCUT2D eigenvalue weighted by molar-refractivity contribution is 5.69. The Labute approximate surface area is 110 Å². The number of aliphatic carboxylic acids is 1. The molecular weight excluding hydrogens is 226 g/mol. The number of rotatable bonds is 4. The number of carbonyl (C=O) groups is 1. The molecule has 2 atom stereocenters. The second kappa shape index (κ2) is 6.55. The van der Waals surface area contributed by atoms with Crippen LogP contribution in [0.4, 0.5) is 0 Å². The monoisotopic (exact) mass is 253 g/mol. The van der Waals surface area contributed by atoms with E-state index >= 15 is 0 Å². The summed E-state index contributed by atoms with van der Waals surface area (Å²) in [4.78, 5) is 10.9. The van der Waals surface area contributed by atoms with E-state index < -0.39 is 5.97 Å². The lowest BCUT2D eigenvalue weighted by molar-refractivity contribution is -0.143. The van der Waals surface area contributed by atoms with Crippen LogP contribution in [-0.2, 0) is 4.79 Å². The molecule has 3 heteroatoms. The summed E-state index contributed by atoms with van der Waals surface area (Å²) in [5.41, 5.74) is 0. The highest BCUT2D eigenvalue weighted by Crippen LogP contribution is 2.29. The first-order valence-corrected chi connectivity index (χ1v) is 7.61. The van der Waals surface area contributed by atoms with E-state index in [4.69, 9.17) is 5.11 Å². The van der Waals surface area contributed by atoms with Crippen LogP contribution in [0.3, 0.4) is 0 Å². The third-order valence-corrected chi connectivity index (χ3v) is 4.83. The molecule has 18 heavy (non-hydrogen) atoms. The summed E-state index contributed by atoms with van der Waals surface area (Å²) in [6.07, 6.45) is 9.34. The number of carboxylic acids is 1. The van der Waals surface area contributed by atoms with Gasteiger partial charge >= 0.3 is 5.97 Å². The van der Waals surface area contributed by atoms with E-state index in [1.807, 2.05) is 0 Å². The molecule has 2 saturated carbocycles. The van der Waals surface area contributed by atoms with Gasteiger partial charge < -0.3 is 10.4 Å². The van der Waals surface area contributed by atoms with Crippen molar-refractivity contribution in [2.75, 3.05) is 6.54 Å². The molecular formula is C15H27NO2. The summed E-state index contributed by atoms with van der Waals surface area (Å²) in [5, 5.41) is 12.7. The molecule has 0 aliphatic heterocycles. The lowest BCUT2D eigenvalue weighted by Gasteiger charge is -2.31. The lowest BCUT2D eigenvalue weighted by Crippen LogP contribution is -2.38. The molecule has 0 radical (unpaired) electrons. The normalized spacial score (nSPS) is 37.4. The van der Waals surface area contributed by atoms with Crippen molar-refractivity contribution in [3.63, 3.8) is 0 Å². The summed E-state index contributed by atoms with van der Waals surface area (Å²) < 4.78 is 0. The molecule has 0 aromatic carbocycles. The highest BCUT2D eigenvalue weighted by atomic mass is 16.4. The fourth-order valence-corrected chi connectivity index (χ4v) is 3.57. The van der Waals surface area contributed by atoms with Crippen LogP contribution in [0.15, 0.2) is 0 Å². The molecule has 0 amide bonds. The van der Waals surface area contributed by atoms with Crippen molar-refractivity contribution in [1.29, 1.82) is 0 Å². The zero-order valence-electron chi connectivity index (χ0n) is 11.5. The van der Waals surface area contributed by atoms with Gasteiger partial charge in [0.2, 0.25) is 0 Å². The van der Waals surface area contributed by atoms with E-state index in [2.05, 4.69) is 12.2 Å². The van der Waals surface area contributed by atoms with E-state index in [0.717, 1.165) is 38.1 Å². The Balaban J connectivity index is 1.64. The minimum Gasteiger partial charge on any atom is -0.481 e. The number of hydrogen-bond donors (Lipinski definition) is 2. The Hall–Kier alpha value is -0.570. The van der Waals surface area contributed by atoms with Gasteiger partial charge in [-0.1, -0.05) is 19.8 Å². The third kappa shape index (κ3) is 3.98. The molecule has 3 nitrogen and oxygen atoms in total. The van der Waals surface area contributed by atoms with Crippen molar-refractivity contribution >= 4 is 5.97 Å². The fourth-order valence-electron chi connectivity index (χ4n) is 3.57. The number of carboxylic acid groups (broad SMARTS) is 1. The van der Waals surface area contributed by atoms with Crippen LogP contribution < -0.4 is 5.32 Å². The molecule has 2 aliphatic carbocycles. The van der Waals surface area contributed by atoms with E-state index in [9.17, 15) is 4.79 Å². The first-order chi connectivity index (χ1) is 8.65. The van der Waals surface area contributed by atoms with Gasteiger partial charge in [0.05, 0.1) is 5.92 Å². The topological polar surface area (TPSA) is 49.3 Å². The average Bonchev–Trinajstić information content (AvgIpc) is 2.37. The smallest absolute Gasteiger partial charge is 0.306 e. The molecule has 2 unspecified atom stereocenters. The van der Waals surface area contributed by atoms with Gasteiger partial charge in [0.1, 0.15) is 0 Å². The van der Waals surface area contributed by atoms with Gasteiger partial charge in [0.25, 0.3) is 0 Å². The largest absolute Gasteiger partial charge is 0.481 e. The molecule has 0 bridgehead atoms. The SMILES string of the molecule is CC1CCCC(NCC2CCC(C(=O)O)CC2)C1. The number of hydrogen-bond acceptors (Lipinski definition) is 2. The quantitative estimate of drug-likeness (QED) is 0.809. The first kappa shape index (κ1) is 13.9. The van der Waals surface area contributed by atoms with Gasteiger partial charge in [-0.05, 0) is 56.9 Å². The molecule has 2 rings (SSSR count). The second-order valence-electron chi connectivity index (χ2n) is 6.43. The van der Waals surface area contributed by atoms with Crippen LogP contribution in [0.25, 0.3) is 0 Å². The van der Waals surface area contributed by atoms with Crippen LogP contribution in [0.2, 0.25) is 0 Å². The Kier molecular flexibility index (Phi) is 5.04. The van der Waals surface area contributed by atoms with Crippen molar-refractivity contribution in [3.8, 4) is 0 Å². The van der Waals surface area contributed by atoms with E-state index in [-0.39, 0.29) is 5.92 Å². The Morgan fingerprint density at radius 3 is 2.50 bits per heavy atom. The van der Waals surface area contributed by atoms with Crippen molar-refractivity contribution in [1.82, 2.24) is 5.32 Å². The predicted molar refractivity (Wildman–Crippen MR) is 72.5 cm³/mol. The molecule has 104 valence electrons. The average molecular weight is 253 g/mol. The van der Waals surface area contributed by atoms with Crippen molar-refractivity contribution in [2.24, 2.45) is 17.8 Å². The maximum absolute atomic E-state index is 10.9. The van der Waals surface area contributed by atoms with Crippen molar-refractivity contribution < 1.29 is 9.90 Å². The van der Waals surface area contributed by atoms with E-state index in [1.54, 1.807) is 0 Å². The summed E-state index contributed by atoms with van der Waals surface area (Å²) >= 11 is 0. The zero-order chi connectivity index (χ0) is 13.0. The lowest BCUT2D eigenvalue weighted by atomic mass is 9.81. The molecule has 2 N–H and O–H groups in total. The maximum Gasteiger partial charge on any atom is 0.306 e.